The van der Waals surface area contributed by atoms with Crippen molar-refractivity contribution in [3.63, 3.8) is 0 Å². The number of hydrogen-bond acceptors (Lipinski definition) is 5. The summed E-state index contributed by atoms with van der Waals surface area (Å²) >= 11 is 0. The number of hydrogen-bond donors (Lipinski definition) is 1. The van der Waals surface area contributed by atoms with Gasteiger partial charge in [0.15, 0.2) is 6.10 Å². The SMILES string of the molecule is CC/C=C\C/C=C\C/C=C\C/C=C\C/C=C\CCCCCC(=O)OC(CO)COC(=O)CCCCCCCCCC/C=C\C/C=C\C/C=C\CCCCCCC. The Bertz CT molecular complexity index is 1110. The summed E-state index contributed by atoms with van der Waals surface area (Å²) in [5.74, 6) is -0.643. The van der Waals surface area contributed by atoms with E-state index in [4.69, 9.17) is 9.47 Å². The summed E-state index contributed by atoms with van der Waals surface area (Å²) < 4.78 is 10.6. The number of carbonyl (C=O) groups is 2. The molecule has 0 amide bonds. The maximum absolute atomic E-state index is 12.2. The highest BCUT2D eigenvalue weighted by Crippen LogP contribution is 2.12. The molecular weight excluding hydrogens is 693 g/mol. The first-order chi connectivity index (χ1) is 27.6. The van der Waals surface area contributed by atoms with E-state index in [2.05, 4.69) is 111 Å². The zero-order valence-corrected chi connectivity index (χ0v) is 36.1. The van der Waals surface area contributed by atoms with Crippen LogP contribution in [0.25, 0.3) is 0 Å². The molecule has 0 aliphatic carbocycles. The Morgan fingerprint density at radius 3 is 1.18 bits per heavy atom. The molecule has 0 radical (unpaired) electrons. The molecule has 1 N–H and O–H groups in total. The first-order valence-corrected chi connectivity index (χ1v) is 22.8. The molecule has 0 bridgehead atoms. The molecular formula is C51H84O5. The highest BCUT2D eigenvalue weighted by Gasteiger charge is 2.16. The average Bonchev–Trinajstić information content (AvgIpc) is 3.20. The van der Waals surface area contributed by atoms with E-state index < -0.39 is 6.10 Å². The van der Waals surface area contributed by atoms with E-state index in [-0.39, 0.29) is 25.2 Å². The molecule has 1 unspecified atom stereocenters. The standard InChI is InChI=1S/C51H84O5/c1-3-5-7-9-11-13-15-17-19-21-23-24-25-26-28-29-31-33-35-37-39-41-43-45-50(53)55-48-49(47-52)56-51(54)46-44-42-40-38-36-34-32-30-27-22-20-18-16-14-12-10-8-6-4-2/h6,8,12,14-15,17-18,20-21,23,25-27,30,34,36,49,52H,3-5,7,9-11,13,16,19,22,24,28-29,31-33,35,37-48H2,1-2H3/b8-6-,14-12-,17-15-,20-18-,23-21-,26-25-,30-27-,36-34-. The van der Waals surface area contributed by atoms with Crippen LogP contribution in [0, 0.1) is 0 Å². The predicted molar refractivity (Wildman–Crippen MR) is 242 cm³/mol. The molecule has 1 atom stereocenters. The third kappa shape index (κ3) is 43.5. The van der Waals surface area contributed by atoms with Crippen LogP contribution in [-0.2, 0) is 19.1 Å². The van der Waals surface area contributed by atoms with Gasteiger partial charge < -0.3 is 14.6 Å². The minimum absolute atomic E-state index is 0.0893. The van der Waals surface area contributed by atoms with Gasteiger partial charge in [0, 0.05) is 12.8 Å². The average molecular weight is 777 g/mol. The molecule has 0 saturated carbocycles. The van der Waals surface area contributed by atoms with Gasteiger partial charge in [-0.25, -0.2) is 0 Å². The van der Waals surface area contributed by atoms with Crippen LogP contribution >= 0.6 is 0 Å². The normalized spacial score (nSPS) is 13.1. The second kappa shape index (κ2) is 46.2. The van der Waals surface area contributed by atoms with E-state index in [1.807, 2.05) is 0 Å². The number of aliphatic hydroxyl groups is 1. The van der Waals surface area contributed by atoms with Crippen LogP contribution in [-0.4, -0.2) is 36.4 Å². The lowest BCUT2D eigenvalue weighted by atomic mass is 10.1. The molecule has 0 aromatic rings. The number of ether oxygens (including phenoxy) is 2. The van der Waals surface area contributed by atoms with Gasteiger partial charge in [0.2, 0.25) is 0 Å². The maximum atomic E-state index is 12.2. The Morgan fingerprint density at radius 1 is 0.429 bits per heavy atom. The van der Waals surface area contributed by atoms with Crippen molar-refractivity contribution in [1.29, 1.82) is 0 Å². The Kier molecular flexibility index (Phi) is 43.6. The number of carbonyl (C=O) groups excluding carboxylic acids is 2. The summed E-state index contributed by atoms with van der Waals surface area (Å²) in [7, 11) is 0. The summed E-state index contributed by atoms with van der Waals surface area (Å²) in [6.07, 6.45) is 64.8. The van der Waals surface area contributed by atoms with Gasteiger partial charge >= 0.3 is 11.9 Å². The Hall–Kier alpha value is -3.18. The highest BCUT2D eigenvalue weighted by atomic mass is 16.6. The number of unbranched alkanes of at least 4 members (excludes halogenated alkanes) is 16. The van der Waals surface area contributed by atoms with E-state index in [0.29, 0.717) is 12.8 Å². The van der Waals surface area contributed by atoms with Gasteiger partial charge in [-0.1, -0.05) is 182 Å². The maximum Gasteiger partial charge on any atom is 0.306 e. The van der Waals surface area contributed by atoms with Gasteiger partial charge in [0.05, 0.1) is 6.61 Å². The molecule has 0 aromatic carbocycles. The van der Waals surface area contributed by atoms with E-state index in [0.717, 1.165) is 96.3 Å². The van der Waals surface area contributed by atoms with Gasteiger partial charge in [-0.3, -0.25) is 9.59 Å². The van der Waals surface area contributed by atoms with Crippen LogP contribution in [0.4, 0.5) is 0 Å². The fourth-order valence-corrected chi connectivity index (χ4v) is 5.94. The molecule has 56 heavy (non-hydrogen) atoms. The van der Waals surface area contributed by atoms with E-state index >= 15 is 0 Å². The number of rotatable bonds is 40. The zero-order valence-electron chi connectivity index (χ0n) is 36.1. The fourth-order valence-electron chi connectivity index (χ4n) is 5.94. The summed E-state index contributed by atoms with van der Waals surface area (Å²) in [6, 6.07) is 0. The molecule has 0 aromatic heterocycles. The largest absolute Gasteiger partial charge is 0.462 e. The second-order valence-electron chi connectivity index (χ2n) is 14.7. The Morgan fingerprint density at radius 2 is 0.768 bits per heavy atom. The van der Waals surface area contributed by atoms with Gasteiger partial charge in [0.25, 0.3) is 0 Å². The van der Waals surface area contributed by atoms with Crippen LogP contribution in [0.3, 0.4) is 0 Å². The third-order valence-electron chi connectivity index (χ3n) is 9.36. The van der Waals surface area contributed by atoms with Crippen molar-refractivity contribution in [3.05, 3.63) is 97.2 Å². The van der Waals surface area contributed by atoms with Gasteiger partial charge in [-0.05, 0) is 96.3 Å². The van der Waals surface area contributed by atoms with E-state index in [1.54, 1.807) is 0 Å². The predicted octanol–water partition coefficient (Wildman–Crippen LogP) is 14.8. The van der Waals surface area contributed by atoms with Gasteiger partial charge in [-0.15, -0.1) is 0 Å². The Balaban J connectivity index is 3.64. The third-order valence-corrected chi connectivity index (χ3v) is 9.36. The lowest BCUT2D eigenvalue weighted by Crippen LogP contribution is -2.28. The molecule has 318 valence electrons. The van der Waals surface area contributed by atoms with Gasteiger partial charge in [0.1, 0.15) is 6.61 Å². The van der Waals surface area contributed by atoms with E-state index in [1.165, 1.54) is 70.6 Å². The summed E-state index contributed by atoms with van der Waals surface area (Å²) in [5.41, 5.74) is 0. The van der Waals surface area contributed by atoms with Gasteiger partial charge in [-0.2, -0.15) is 0 Å². The molecule has 0 heterocycles. The molecule has 5 nitrogen and oxygen atoms in total. The Labute approximate surface area is 345 Å². The lowest BCUT2D eigenvalue weighted by molar-refractivity contribution is -0.161. The van der Waals surface area contributed by atoms with Crippen molar-refractivity contribution < 1.29 is 24.2 Å². The molecule has 0 fully saturated rings. The number of esters is 2. The van der Waals surface area contributed by atoms with Crippen molar-refractivity contribution in [2.24, 2.45) is 0 Å². The van der Waals surface area contributed by atoms with Crippen LogP contribution in [0.1, 0.15) is 194 Å². The zero-order chi connectivity index (χ0) is 40.7. The second-order valence-corrected chi connectivity index (χ2v) is 14.7. The van der Waals surface area contributed by atoms with Crippen molar-refractivity contribution in [2.75, 3.05) is 13.2 Å². The van der Waals surface area contributed by atoms with Crippen LogP contribution in [0.2, 0.25) is 0 Å². The molecule has 5 heteroatoms. The van der Waals surface area contributed by atoms with Crippen LogP contribution in [0.5, 0.6) is 0 Å². The minimum atomic E-state index is -0.799. The summed E-state index contributed by atoms with van der Waals surface area (Å²) in [4.78, 5) is 24.4. The lowest BCUT2D eigenvalue weighted by Gasteiger charge is -2.15. The number of aliphatic hydroxyl groups excluding tert-OH is 1. The fraction of sp³-hybridized carbons (Fsp3) is 0.647. The van der Waals surface area contributed by atoms with Crippen molar-refractivity contribution >= 4 is 11.9 Å². The van der Waals surface area contributed by atoms with Crippen molar-refractivity contribution in [1.82, 2.24) is 0 Å². The van der Waals surface area contributed by atoms with E-state index in [9.17, 15) is 14.7 Å². The summed E-state index contributed by atoms with van der Waals surface area (Å²) in [5, 5.41) is 9.59. The number of allylic oxidation sites excluding steroid dienone is 16. The molecule has 0 aliphatic rings. The molecule has 0 rings (SSSR count). The topological polar surface area (TPSA) is 72.8 Å². The van der Waals surface area contributed by atoms with Crippen molar-refractivity contribution in [2.45, 2.75) is 200 Å². The quantitative estimate of drug-likeness (QED) is 0.0381. The van der Waals surface area contributed by atoms with Crippen LogP contribution < -0.4 is 0 Å². The first-order valence-electron chi connectivity index (χ1n) is 22.8. The summed E-state index contributed by atoms with van der Waals surface area (Å²) in [6.45, 7) is 3.97. The smallest absolute Gasteiger partial charge is 0.306 e. The first kappa shape index (κ1) is 52.8. The van der Waals surface area contributed by atoms with Crippen molar-refractivity contribution in [3.8, 4) is 0 Å². The molecule has 0 aliphatic heterocycles. The van der Waals surface area contributed by atoms with Crippen LogP contribution in [0.15, 0.2) is 97.2 Å². The highest BCUT2D eigenvalue weighted by molar-refractivity contribution is 5.70. The molecule has 0 spiro atoms. The molecule has 0 saturated heterocycles. The minimum Gasteiger partial charge on any atom is -0.462 e. The monoisotopic (exact) mass is 777 g/mol.